The average molecular weight is 864 g/mol. The molecule has 0 saturated carbocycles. The highest BCUT2D eigenvalue weighted by molar-refractivity contribution is 5.77. The molecule has 0 aromatic heterocycles. The molecule has 0 aliphatic rings. The van der Waals surface area contributed by atoms with Crippen LogP contribution in [-0.4, -0.2) is 46.9 Å². The number of allylic oxidation sites excluding steroid dienone is 14. The molecule has 0 aliphatic heterocycles. The van der Waals surface area contributed by atoms with Crippen LogP contribution in [0.5, 0.6) is 0 Å². The molecule has 0 rings (SSSR count). The predicted octanol–water partition coefficient (Wildman–Crippen LogP) is 15.6. The molecular weight excluding hydrogens is 767 g/mol. The predicted molar refractivity (Wildman–Crippen MR) is 268 cm³/mol. The van der Waals surface area contributed by atoms with Gasteiger partial charge in [0, 0.05) is 6.42 Å². The van der Waals surface area contributed by atoms with E-state index in [9.17, 15) is 19.8 Å². The lowest BCUT2D eigenvalue weighted by atomic mass is 10.0. The number of unbranched alkanes of at least 4 members (excludes halogenated alkanes) is 20. The third kappa shape index (κ3) is 43.7. The minimum atomic E-state index is -0.810. The molecule has 1 amide bonds. The number of carbonyl (C=O) groups is 2. The second kappa shape index (κ2) is 49.1. The number of amides is 1. The zero-order valence-electron chi connectivity index (χ0n) is 40.5. The molecule has 0 saturated heterocycles. The lowest BCUT2D eigenvalue weighted by molar-refractivity contribution is -0.150. The summed E-state index contributed by atoms with van der Waals surface area (Å²) in [6, 6.07) is -0.728. The largest absolute Gasteiger partial charge is 0.462 e. The lowest BCUT2D eigenvalue weighted by Crippen LogP contribution is -2.46. The standard InChI is InChI=1S/C56H97NO5/c1-4-7-10-13-16-19-22-24-26-28-30-33-35-38-41-44-47-52(62-56(61)49-46-43-40-37-34-31-29-27-25-23-20-17-14-11-8-5-2)50-55(60)57-53(51-58)54(59)48-45-42-39-36-32-21-18-15-12-9-6-3/h8,11,17,20,25-28,30-31,33-34,40,43,52-54,58-59H,4-7,9-10,12-16,18-19,21-24,29,32,35-39,41-42,44-51H2,1-3H3,(H,57,60)/b11-8+,20-17+,27-25+,28-26+,33-30+,34-31+,43-40+. The summed E-state index contributed by atoms with van der Waals surface area (Å²) >= 11 is 0. The van der Waals surface area contributed by atoms with Crippen molar-refractivity contribution >= 4 is 11.9 Å². The molecule has 0 aromatic rings. The Morgan fingerprint density at radius 1 is 0.500 bits per heavy atom. The van der Waals surface area contributed by atoms with Gasteiger partial charge in [-0.05, 0) is 83.5 Å². The van der Waals surface area contributed by atoms with E-state index in [1.807, 2.05) is 6.08 Å². The molecule has 62 heavy (non-hydrogen) atoms. The van der Waals surface area contributed by atoms with E-state index in [0.29, 0.717) is 19.3 Å². The molecule has 0 heterocycles. The van der Waals surface area contributed by atoms with Gasteiger partial charge in [-0.3, -0.25) is 9.59 Å². The summed E-state index contributed by atoms with van der Waals surface area (Å²) < 4.78 is 5.88. The van der Waals surface area contributed by atoms with Crippen LogP contribution in [-0.2, 0) is 14.3 Å². The highest BCUT2D eigenvalue weighted by atomic mass is 16.5. The van der Waals surface area contributed by atoms with E-state index >= 15 is 0 Å². The fraction of sp³-hybridized carbons (Fsp3) is 0.714. The van der Waals surface area contributed by atoms with Gasteiger partial charge in [0.05, 0.1) is 25.2 Å². The van der Waals surface area contributed by atoms with Crippen LogP contribution < -0.4 is 5.32 Å². The first kappa shape index (κ1) is 59.0. The van der Waals surface area contributed by atoms with E-state index in [-0.39, 0.29) is 31.3 Å². The van der Waals surface area contributed by atoms with Crippen LogP contribution in [0, 0.1) is 0 Å². The number of hydrogen-bond donors (Lipinski definition) is 3. The maximum Gasteiger partial charge on any atom is 0.306 e. The Morgan fingerprint density at radius 2 is 0.919 bits per heavy atom. The Balaban J connectivity index is 4.77. The monoisotopic (exact) mass is 864 g/mol. The summed E-state index contributed by atoms with van der Waals surface area (Å²) in [6.45, 7) is 6.33. The van der Waals surface area contributed by atoms with Gasteiger partial charge in [0.1, 0.15) is 6.10 Å². The van der Waals surface area contributed by atoms with Crippen LogP contribution in [0.3, 0.4) is 0 Å². The van der Waals surface area contributed by atoms with Crippen LogP contribution in [0.1, 0.15) is 233 Å². The van der Waals surface area contributed by atoms with Gasteiger partial charge >= 0.3 is 5.97 Å². The molecule has 0 aromatic carbocycles. The maximum absolute atomic E-state index is 13.2. The number of esters is 1. The number of aliphatic hydroxyl groups excluding tert-OH is 2. The molecule has 0 aliphatic carbocycles. The van der Waals surface area contributed by atoms with Gasteiger partial charge in [-0.15, -0.1) is 0 Å². The summed E-state index contributed by atoms with van der Waals surface area (Å²) in [6.07, 6.45) is 63.6. The van der Waals surface area contributed by atoms with Crippen molar-refractivity contribution in [1.29, 1.82) is 0 Å². The van der Waals surface area contributed by atoms with E-state index in [1.54, 1.807) is 0 Å². The molecule has 3 N–H and O–H groups in total. The third-order valence-electron chi connectivity index (χ3n) is 11.2. The topological polar surface area (TPSA) is 95.9 Å². The van der Waals surface area contributed by atoms with Crippen LogP contribution >= 0.6 is 0 Å². The van der Waals surface area contributed by atoms with E-state index < -0.39 is 18.2 Å². The van der Waals surface area contributed by atoms with Crippen molar-refractivity contribution in [3.05, 3.63) is 85.1 Å². The zero-order valence-corrected chi connectivity index (χ0v) is 40.5. The first-order valence-corrected chi connectivity index (χ1v) is 25.8. The summed E-state index contributed by atoms with van der Waals surface area (Å²) in [4.78, 5) is 26.1. The Morgan fingerprint density at radius 3 is 1.40 bits per heavy atom. The Hall–Kier alpha value is -2.96. The molecule has 0 bridgehead atoms. The minimum absolute atomic E-state index is 0.0263. The van der Waals surface area contributed by atoms with Gasteiger partial charge in [-0.2, -0.15) is 0 Å². The quantitative estimate of drug-likeness (QED) is 0.0245. The number of nitrogens with one attached hydrogen (secondary N) is 1. The van der Waals surface area contributed by atoms with Crippen LogP contribution in [0.2, 0.25) is 0 Å². The number of ether oxygens (including phenoxy) is 1. The van der Waals surface area contributed by atoms with Crippen molar-refractivity contribution in [2.75, 3.05) is 6.61 Å². The first-order valence-electron chi connectivity index (χ1n) is 25.8. The van der Waals surface area contributed by atoms with Gasteiger partial charge in [-0.1, -0.05) is 221 Å². The third-order valence-corrected chi connectivity index (χ3v) is 11.2. The second-order valence-corrected chi connectivity index (χ2v) is 17.2. The fourth-order valence-corrected chi connectivity index (χ4v) is 7.35. The Bertz CT molecular complexity index is 1200. The van der Waals surface area contributed by atoms with E-state index in [0.717, 1.165) is 83.5 Å². The Kier molecular flexibility index (Phi) is 46.7. The van der Waals surface area contributed by atoms with E-state index in [1.165, 1.54) is 96.3 Å². The van der Waals surface area contributed by atoms with E-state index in [2.05, 4.69) is 105 Å². The van der Waals surface area contributed by atoms with Crippen LogP contribution in [0.25, 0.3) is 0 Å². The maximum atomic E-state index is 13.2. The molecule has 0 spiro atoms. The van der Waals surface area contributed by atoms with Gasteiger partial charge in [-0.25, -0.2) is 0 Å². The van der Waals surface area contributed by atoms with Crippen LogP contribution in [0.15, 0.2) is 85.1 Å². The van der Waals surface area contributed by atoms with Gasteiger partial charge in [0.2, 0.25) is 5.91 Å². The molecule has 6 nitrogen and oxygen atoms in total. The molecule has 3 unspecified atom stereocenters. The summed E-state index contributed by atoms with van der Waals surface area (Å²) in [5, 5.41) is 23.7. The average Bonchev–Trinajstić information content (AvgIpc) is 3.26. The SMILES string of the molecule is CC/C=C/C/C=C/C/C=C/C/C=C/C/C=C/CCC(=O)OC(CCCCC/C=C/C=C/CCCCCCCCC)CC(=O)NC(CO)C(O)CCCCCCCCCCCCC. The Labute approximate surface area is 383 Å². The summed E-state index contributed by atoms with van der Waals surface area (Å²) in [5.74, 6) is -0.603. The fourth-order valence-electron chi connectivity index (χ4n) is 7.35. The normalized spacial score (nSPS) is 14.0. The van der Waals surface area contributed by atoms with Crippen molar-refractivity contribution in [1.82, 2.24) is 5.32 Å². The molecule has 0 fully saturated rings. The number of rotatable bonds is 45. The van der Waals surface area contributed by atoms with Crippen molar-refractivity contribution in [2.24, 2.45) is 0 Å². The number of aliphatic hydroxyl groups is 2. The minimum Gasteiger partial charge on any atom is -0.462 e. The zero-order chi connectivity index (χ0) is 45.2. The molecular formula is C56H97NO5. The summed E-state index contributed by atoms with van der Waals surface area (Å²) in [5.41, 5.74) is 0. The molecule has 6 heteroatoms. The van der Waals surface area contributed by atoms with E-state index in [4.69, 9.17) is 4.74 Å². The van der Waals surface area contributed by atoms with Crippen molar-refractivity contribution in [2.45, 2.75) is 251 Å². The lowest BCUT2D eigenvalue weighted by Gasteiger charge is -2.24. The summed E-state index contributed by atoms with van der Waals surface area (Å²) in [7, 11) is 0. The van der Waals surface area contributed by atoms with Crippen molar-refractivity contribution in [3.63, 3.8) is 0 Å². The highest BCUT2D eigenvalue weighted by Gasteiger charge is 2.24. The van der Waals surface area contributed by atoms with Crippen molar-refractivity contribution in [3.8, 4) is 0 Å². The van der Waals surface area contributed by atoms with Gasteiger partial charge in [0.25, 0.3) is 0 Å². The molecule has 356 valence electrons. The molecule has 3 atom stereocenters. The van der Waals surface area contributed by atoms with Crippen molar-refractivity contribution < 1.29 is 24.5 Å². The van der Waals surface area contributed by atoms with Crippen LogP contribution in [0.4, 0.5) is 0 Å². The first-order chi connectivity index (χ1) is 30.5. The number of hydrogen-bond acceptors (Lipinski definition) is 5. The second-order valence-electron chi connectivity index (χ2n) is 17.2. The highest BCUT2D eigenvalue weighted by Crippen LogP contribution is 2.16. The van der Waals surface area contributed by atoms with Gasteiger partial charge in [0.15, 0.2) is 0 Å². The smallest absolute Gasteiger partial charge is 0.306 e. The molecule has 0 radical (unpaired) electrons. The number of carbonyl (C=O) groups excluding carboxylic acids is 2. The van der Waals surface area contributed by atoms with Gasteiger partial charge < -0.3 is 20.3 Å².